The van der Waals surface area contributed by atoms with Crippen molar-refractivity contribution in [1.29, 1.82) is 0 Å². The van der Waals surface area contributed by atoms with Crippen molar-refractivity contribution < 1.29 is 19.8 Å². The summed E-state index contributed by atoms with van der Waals surface area (Å²) in [7, 11) is 1.95. The molecule has 4 N–H and O–H groups in total. The van der Waals surface area contributed by atoms with Gasteiger partial charge in [-0.05, 0) is 25.7 Å². The van der Waals surface area contributed by atoms with Crippen LogP contribution in [0.25, 0.3) is 0 Å². The third-order valence-corrected chi connectivity index (χ3v) is 2.80. The number of carboxylic acids is 1. The van der Waals surface area contributed by atoms with Gasteiger partial charge in [-0.15, -0.1) is 0 Å². The first-order chi connectivity index (χ1) is 9.43. The van der Waals surface area contributed by atoms with E-state index >= 15 is 0 Å². The maximum absolute atomic E-state index is 11.6. The zero-order valence-corrected chi connectivity index (χ0v) is 11.5. The highest BCUT2D eigenvalue weighted by atomic mass is 16.4. The summed E-state index contributed by atoms with van der Waals surface area (Å²) in [5.41, 5.74) is 0.120. The number of rotatable bonds is 6. The van der Waals surface area contributed by atoms with Crippen molar-refractivity contribution in [2.24, 2.45) is 0 Å². The molecule has 0 aliphatic carbocycles. The number of anilines is 1. The zero-order chi connectivity index (χ0) is 15.1. The number of phenols is 1. The molecule has 0 aliphatic heterocycles. The van der Waals surface area contributed by atoms with Gasteiger partial charge in [0.15, 0.2) is 0 Å². The maximum atomic E-state index is 11.6. The second-order valence-corrected chi connectivity index (χ2v) is 4.31. The Morgan fingerprint density at radius 1 is 1.35 bits per heavy atom. The van der Waals surface area contributed by atoms with E-state index in [-0.39, 0.29) is 11.3 Å². The Labute approximate surface area is 117 Å². The van der Waals surface area contributed by atoms with Crippen LogP contribution < -0.4 is 10.6 Å². The lowest BCUT2D eigenvalue weighted by Crippen LogP contribution is -2.35. The van der Waals surface area contributed by atoms with Gasteiger partial charge in [-0.3, -0.25) is 0 Å². The molecule has 1 aromatic carbocycles. The fourth-order valence-electron chi connectivity index (χ4n) is 1.48. The summed E-state index contributed by atoms with van der Waals surface area (Å²) in [6.45, 7) is 4.14. The minimum Gasteiger partial charge on any atom is -0.507 e. The third kappa shape index (κ3) is 4.77. The zero-order valence-electron chi connectivity index (χ0n) is 11.5. The molecule has 2 amide bonds. The highest BCUT2D eigenvalue weighted by Gasteiger charge is 2.10. The lowest BCUT2D eigenvalue weighted by molar-refractivity contribution is 0.0694. The average molecular weight is 281 g/mol. The first-order valence-corrected chi connectivity index (χ1v) is 6.23. The SMILES string of the molecule is CCN(C)CCNC(=O)Nc1ccc(C(=O)O)c(O)c1. The van der Waals surface area contributed by atoms with Gasteiger partial charge in [0.25, 0.3) is 0 Å². The van der Waals surface area contributed by atoms with Crippen molar-refractivity contribution >= 4 is 17.7 Å². The Kier molecular flexibility index (Phi) is 5.79. The number of benzene rings is 1. The van der Waals surface area contributed by atoms with Gasteiger partial charge in [0.1, 0.15) is 11.3 Å². The van der Waals surface area contributed by atoms with E-state index in [9.17, 15) is 14.7 Å². The van der Waals surface area contributed by atoms with Gasteiger partial charge in [-0.2, -0.15) is 0 Å². The normalized spacial score (nSPS) is 10.3. The Hall–Kier alpha value is -2.28. The Morgan fingerprint density at radius 3 is 2.60 bits per heavy atom. The van der Waals surface area contributed by atoms with E-state index in [1.807, 2.05) is 18.9 Å². The van der Waals surface area contributed by atoms with Gasteiger partial charge in [0.2, 0.25) is 0 Å². The van der Waals surface area contributed by atoms with Crippen molar-refractivity contribution in [2.45, 2.75) is 6.92 Å². The number of carboxylic acid groups (broad SMARTS) is 1. The van der Waals surface area contributed by atoms with Crippen molar-refractivity contribution in [1.82, 2.24) is 10.2 Å². The summed E-state index contributed by atoms with van der Waals surface area (Å²) >= 11 is 0. The van der Waals surface area contributed by atoms with Crippen LogP contribution in [0.3, 0.4) is 0 Å². The van der Waals surface area contributed by atoms with Crippen LogP contribution >= 0.6 is 0 Å². The summed E-state index contributed by atoms with van der Waals surface area (Å²) < 4.78 is 0. The topological polar surface area (TPSA) is 102 Å². The maximum Gasteiger partial charge on any atom is 0.339 e. The molecular weight excluding hydrogens is 262 g/mol. The van der Waals surface area contributed by atoms with Gasteiger partial charge in [-0.25, -0.2) is 9.59 Å². The molecule has 0 atom stereocenters. The standard InChI is InChI=1S/C13H19N3O4/c1-3-16(2)7-6-14-13(20)15-9-4-5-10(12(18)19)11(17)8-9/h4-5,8,17H,3,6-7H2,1-2H3,(H,18,19)(H2,14,15,20). The molecule has 1 aromatic rings. The fourth-order valence-corrected chi connectivity index (χ4v) is 1.48. The second kappa shape index (κ2) is 7.34. The van der Waals surface area contributed by atoms with E-state index in [0.29, 0.717) is 12.2 Å². The number of likely N-dealkylation sites (N-methyl/N-ethyl adjacent to an activating group) is 1. The average Bonchev–Trinajstić information content (AvgIpc) is 2.38. The number of urea groups is 1. The predicted molar refractivity (Wildman–Crippen MR) is 75.3 cm³/mol. The monoisotopic (exact) mass is 281 g/mol. The number of hydrogen-bond acceptors (Lipinski definition) is 4. The summed E-state index contributed by atoms with van der Waals surface area (Å²) in [6, 6.07) is 3.44. The van der Waals surface area contributed by atoms with Crippen LogP contribution in [0.4, 0.5) is 10.5 Å². The van der Waals surface area contributed by atoms with Crippen LogP contribution in [0.15, 0.2) is 18.2 Å². The first-order valence-electron chi connectivity index (χ1n) is 6.23. The Morgan fingerprint density at radius 2 is 2.05 bits per heavy atom. The molecule has 0 radical (unpaired) electrons. The molecule has 0 saturated carbocycles. The van der Waals surface area contributed by atoms with Crippen LogP contribution in [0.5, 0.6) is 5.75 Å². The van der Waals surface area contributed by atoms with E-state index in [4.69, 9.17) is 5.11 Å². The van der Waals surface area contributed by atoms with E-state index in [1.54, 1.807) is 0 Å². The minimum absolute atomic E-state index is 0.208. The molecular formula is C13H19N3O4. The highest BCUT2D eigenvalue weighted by Crippen LogP contribution is 2.21. The molecule has 110 valence electrons. The Balaban J connectivity index is 2.50. The van der Waals surface area contributed by atoms with Crippen molar-refractivity contribution in [3.63, 3.8) is 0 Å². The van der Waals surface area contributed by atoms with Crippen LogP contribution in [0.2, 0.25) is 0 Å². The van der Waals surface area contributed by atoms with Gasteiger partial charge in [0, 0.05) is 24.8 Å². The third-order valence-electron chi connectivity index (χ3n) is 2.80. The molecule has 0 spiro atoms. The number of carbonyl (C=O) groups is 2. The van der Waals surface area contributed by atoms with Crippen LogP contribution in [0.1, 0.15) is 17.3 Å². The number of nitrogens with zero attached hydrogens (tertiary/aromatic N) is 1. The number of amides is 2. The summed E-state index contributed by atoms with van der Waals surface area (Å²) in [5.74, 6) is -1.61. The smallest absolute Gasteiger partial charge is 0.339 e. The van der Waals surface area contributed by atoms with Gasteiger partial charge >= 0.3 is 12.0 Å². The molecule has 0 bridgehead atoms. The lowest BCUT2D eigenvalue weighted by Gasteiger charge is -2.14. The number of aromatic carboxylic acids is 1. The molecule has 0 aliphatic rings. The van der Waals surface area contributed by atoms with Crippen molar-refractivity contribution in [2.75, 3.05) is 32.0 Å². The van der Waals surface area contributed by atoms with Gasteiger partial charge in [-0.1, -0.05) is 6.92 Å². The number of nitrogens with one attached hydrogen (secondary N) is 2. The summed E-state index contributed by atoms with van der Waals surface area (Å²) in [4.78, 5) is 24.3. The first kappa shape index (κ1) is 15.8. The Bertz CT molecular complexity index is 491. The molecule has 7 nitrogen and oxygen atoms in total. The van der Waals surface area contributed by atoms with Gasteiger partial charge < -0.3 is 25.7 Å². The van der Waals surface area contributed by atoms with E-state index in [0.717, 1.165) is 13.1 Å². The van der Waals surface area contributed by atoms with Crippen molar-refractivity contribution in [3.05, 3.63) is 23.8 Å². The molecule has 1 rings (SSSR count). The van der Waals surface area contributed by atoms with Crippen LogP contribution in [-0.4, -0.2) is 53.8 Å². The molecule has 0 fully saturated rings. The molecule has 0 unspecified atom stereocenters. The largest absolute Gasteiger partial charge is 0.507 e. The second-order valence-electron chi connectivity index (χ2n) is 4.31. The molecule has 0 heterocycles. The van der Waals surface area contributed by atoms with Crippen LogP contribution in [0, 0.1) is 0 Å². The van der Waals surface area contributed by atoms with E-state index in [2.05, 4.69) is 10.6 Å². The predicted octanol–water partition coefficient (Wildman–Crippen LogP) is 1.16. The molecule has 20 heavy (non-hydrogen) atoms. The number of hydrogen-bond donors (Lipinski definition) is 4. The minimum atomic E-state index is -1.22. The highest BCUT2D eigenvalue weighted by molar-refractivity contribution is 5.93. The molecule has 0 saturated heterocycles. The molecule has 0 aromatic heterocycles. The summed E-state index contributed by atoms with van der Waals surface area (Å²) in [5, 5.41) is 23.4. The number of carbonyl (C=O) groups excluding carboxylic acids is 1. The lowest BCUT2D eigenvalue weighted by atomic mass is 10.2. The number of aromatic hydroxyl groups is 1. The molecule has 7 heteroatoms. The van der Waals surface area contributed by atoms with E-state index in [1.165, 1.54) is 18.2 Å². The quantitative estimate of drug-likeness (QED) is 0.627. The van der Waals surface area contributed by atoms with E-state index < -0.39 is 12.0 Å². The summed E-state index contributed by atoms with van der Waals surface area (Å²) in [6.07, 6.45) is 0. The van der Waals surface area contributed by atoms with Gasteiger partial charge in [0.05, 0.1) is 0 Å². The van der Waals surface area contributed by atoms with Crippen LogP contribution in [-0.2, 0) is 0 Å². The fraction of sp³-hybridized carbons (Fsp3) is 0.385. The van der Waals surface area contributed by atoms with Crippen molar-refractivity contribution in [3.8, 4) is 5.75 Å².